The average molecular weight is 581 g/mol. The van der Waals surface area contributed by atoms with Gasteiger partial charge in [0.05, 0.1) is 6.04 Å². The summed E-state index contributed by atoms with van der Waals surface area (Å²) >= 11 is 0. The molecular weight excluding hydrogens is 540 g/mol. The van der Waals surface area contributed by atoms with Crippen molar-refractivity contribution in [2.75, 3.05) is 6.54 Å². The normalized spacial score (nSPS) is 14.4. The molecule has 1 aromatic carbocycles. The van der Waals surface area contributed by atoms with Crippen LogP contribution in [0.3, 0.4) is 0 Å². The molecule has 0 aromatic heterocycles. The average Bonchev–Trinajstić information content (AvgIpc) is 2.91. The van der Waals surface area contributed by atoms with E-state index in [-0.39, 0.29) is 31.4 Å². The lowest BCUT2D eigenvalue weighted by molar-refractivity contribution is -0.141. The minimum absolute atomic E-state index is 0.00924. The van der Waals surface area contributed by atoms with Crippen molar-refractivity contribution in [3.8, 4) is 5.75 Å². The molecule has 5 atom stereocenters. The van der Waals surface area contributed by atoms with Crippen LogP contribution >= 0.6 is 0 Å². The Morgan fingerprint density at radius 3 is 1.88 bits per heavy atom. The van der Waals surface area contributed by atoms with Crippen LogP contribution in [0.15, 0.2) is 24.3 Å². The summed E-state index contributed by atoms with van der Waals surface area (Å²) in [7, 11) is 0. The number of carboxylic acids is 2. The van der Waals surface area contributed by atoms with Crippen LogP contribution in [0.1, 0.15) is 51.5 Å². The third-order valence-corrected chi connectivity index (χ3v) is 6.08. The van der Waals surface area contributed by atoms with Crippen molar-refractivity contribution in [2.24, 2.45) is 11.5 Å². The van der Waals surface area contributed by atoms with E-state index in [2.05, 4.69) is 21.3 Å². The summed E-state index contributed by atoms with van der Waals surface area (Å²) in [6.45, 7) is 2.96. The number of carbonyl (C=O) groups is 6. The first-order chi connectivity index (χ1) is 19.2. The van der Waals surface area contributed by atoms with E-state index in [9.17, 15) is 39.0 Å². The topological polar surface area (TPSA) is 263 Å². The van der Waals surface area contributed by atoms with E-state index in [0.717, 1.165) is 0 Å². The van der Waals surface area contributed by atoms with Crippen LogP contribution in [-0.2, 0) is 35.2 Å². The molecule has 0 fully saturated rings. The van der Waals surface area contributed by atoms with Gasteiger partial charge in [-0.05, 0) is 63.8 Å². The zero-order valence-corrected chi connectivity index (χ0v) is 23.1. The van der Waals surface area contributed by atoms with Crippen molar-refractivity contribution in [1.29, 1.82) is 0 Å². The Hall–Kier alpha value is -4.24. The smallest absolute Gasteiger partial charge is 0.325 e. The minimum Gasteiger partial charge on any atom is -0.508 e. The Morgan fingerprint density at radius 2 is 1.32 bits per heavy atom. The predicted octanol–water partition coefficient (Wildman–Crippen LogP) is -1.68. The zero-order valence-electron chi connectivity index (χ0n) is 23.1. The van der Waals surface area contributed by atoms with E-state index in [0.29, 0.717) is 24.9 Å². The number of benzene rings is 1. The van der Waals surface area contributed by atoms with E-state index in [1.54, 1.807) is 0 Å². The van der Waals surface area contributed by atoms with Crippen molar-refractivity contribution in [2.45, 2.75) is 82.6 Å². The quantitative estimate of drug-likeness (QED) is 0.0885. The molecule has 15 heteroatoms. The number of hydrogen-bond acceptors (Lipinski definition) is 9. The van der Waals surface area contributed by atoms with Crippen molar-refractivity contribution < 1.29 is 44.1 Å². The van der Waals surface area contributed by atoms with Crippen LogP contribution in [0.2, 0.25) is 0 Å². The number of aliphatic carboxylic acids is 2. The Kier molecular flexibility index (Phi) is 14.8. The number of carboxylic acid groups (broad SMARTS) is 2. The van der Waals surface area contributed by atoms with Gasteiger partial charge in [-0.25, -0.2) is 0 Å². The molecule has 0 heterocycles. The minimum atomic E-state index is -1.28. The number of nitrogens with one attached hydrogen (secondary N) is 4. The van der Waals surface area contributed by atoms with E-state index in [1.165, 1.54) is 38.1 Å². The highest BCUT2D eigenvalue weighted by atomic mass is 16.4. The lowest BCUT2D eigenvalue weighted by Crippen LogP contribution is -2.58. The monoisotopic (exact) mass is 580 g/mol. The highest BCUT2D eigenvalue weighted by molar-refractivity contribution is 5.95. The van der Waals surface area contributed by atoms with Crippen LogP contribution < -0.4 is 32.7 Å². The first-order valence-electron chi connectivity index (χ1n) is 13.1. The number of unbranched alkanes of at least 4 members (excludes halogenated alkanes) is 1. The molecule has 1 rings (SSSR count). The Morgan fingerprint density at radius 1 is 0.756 bits per heavy atom. The lowest BCUT2D eigenvalue weighted by Gasteiger charge is -2.25. The second-order valence-corrected chi connectivity index (χ2v) is 9.62. The molecule has 41 heavy (non-hydrogen) atoms. The maximum Gasteiger partial charge on any atom is 0.325 e. The van der Waals surface area contributed by atoms with Crippen molar-refractivity contribution in [3.63, 3.8) is 0 Å². The van der Waals surface area contributed by atoms with Gasteiger partial charge >= 0.3 is 11.9 Å². The molecule has 0 radical (unpaired) electrons. The summed E-state index contributed by atoms with van der Waals surface area (Å²) < 4.78 is 0. The summed E-state index contributed by atoms with van der Waals surface area (Å²) in [6.07, 6.45) is 0.618. The molecule has 11 N–H and O–H groups in total. The number of carbonyl (C=O) groups excluding carboxylic acids is 4. The molecule has 0 bridgehead atoms. The number of amides is 4. The molecule has 0 unspecified atom stereocenters. The van der Waals surface area contributed by atoms with Gasteiger partial charge in [0.2, 0.25) is 23.6 Å². The van der Waals surface area contributed by atoms with Gasteiger partial charge in [-0.15, -0.1) is 0 Å². The third-order valence-electron chi connectivity index (χ3n) is 6.08. The van der Waals surface area contributed by atoms with Gasteiger partial charge in [0.15, 0.2) is 0 Å². The molecule has 0 spiro atoms. The molecule has 228 valence electrons. The van der Waals surface area contributed by atoms with E-state index in [1.807, 2.05) is 0 Å². The summed E-state index contributed by atoms with van der Waals surface area (Å²) in [5, 5.41) is 37.3. The van der Waals surface area contributed by atoms with Crippen LogP contribution in [0.4, 0.5) is 0 Å². The van der Waals surface area contributed by atoms with Gasteiger partial charge in [-0.1, -0.05) is 12.1 Å². The van der Waals surface area contributed by atoms with Crippen LogP contribution in [-0.4, -0.2) is 87.6 Å². The van der Waals surface area contributed by atoms with Gasteiger partial charge in [-0.2, -0.15) is 0 Å². The molecule has 0 aliphatic heterocycles. The Labute approximate surface area is 237 Å². The largest absolute Gasteiger partial charge is 0.508 e. The van der Waals surface area contributed by atoms with E-state index < -0.39 is 65.8 Å². The Bertz CT molecular complexity index is 1070. The van der Waals surface area contributed by atoms with Gasteiger partial charge in [0.1, 0.15) is 29.9 Å². The molecule has 4 amide bonds. The number of phenols is 1. The van der Waals surface area contributed by atoms with Crippen LogP contribution in [0, 0.1) is 0 Å². The van der Waals surface area contributed by atoms with Crippen molar-refractivity contribution >= 4 is 35.6 Å². The maximum atomic E-state index is 13.3. The van der Waals surface area contributed by atoms with Gasteiger partial charge in [-0.3, -0.25) is 28.8 Å². The molecule has 1 aromatic rings. The Balaban J connectivity index is 3.03. The first kappa shape index (κ1) is 34.8. The lowest BCUT2D eigenvalue weighted by atomic mass is 10.0. The van der Waals surface area contributed by atoms with Gasteiger partial charge < -0.3 is 48.1 Å². The molecule has 0 aliphatic rings. The second-order valence-electron chi connectivity index (χ2n) is 9.62. The summed E-state index contributed by atoms with van der Waals surface area (Å²) in [6, 6.07) is -0.0339. The SMILES string of the molecule is C[C@H](NC(=O)[C@H](Cc1ccc(O)cc1)NC(=O)[C@H](CCCCN)NC(=O)[C@H](C)NC(=O)[C@@H](N)CCC(=O)O)C(=O)O. The number of aromatic hydroxyl groups is 1. The number of rotatable bonds is 18. The van der Waals surface area contributed by atoms with Crippen LogP contribution in [0.5, 0.6) is 5.75 Å². The fraction of sp³-hybridized carbons (Fsp3) is 0.538. The van der Waals surface area contributed by atoms with Gasteiger partial charge in [0, 0.05) is 12.8 Å². The van der Waals surface area contributed by atoms with Crippen LogP contribution in [0.25, 0.3) is 0 Å². The fourth-order valence-electron chi connectivity index (χ4n) is 3.58. The molecular formula is C26H40N6O9. The highest BCUT2D eigenvalue weighted by Gasteiger charge is 2.30. The summed E-state index contributed by atoms with van der Waals surface area (Å²) in [4.78, 5) is 73.3. The molecule has 0 aliphatic carbocycles. The summed E-state index contributed by atoms with van der Waals surface area (Å²) in [5.74, 6) is -5.38. The molecule has 15 nitrogen and oxygen atoms in total. The molecule has 0 saturated carbocycles. The zero-order chi connectivity index (χ0) is 31.1. The number of phenolic OH excluding ortho intramolecular Hbond substituents is 1. The predicted molar refractivity (Wildman–Crippen MR) is 146 cm³/mol. The van der Waals surface area contributed by atoms with Crippen molar-refractivity contribution in [3.05, 3.63) is 29.8 Å². The number of hydrogen-bond donors (Lipinski definition) is 9. The van der Waals surface area contributed by atoms with Gasteiger partial charge in [0.25, 0.3) is 0 Å². The molecule has 0 saturated heterocycles. The van der Waals surface area contributed by atoms with E-state index in [4.69, 9.17) is 16.6 Å². The fourth-order valence-corrected chi connectivity index (χ4v) is 3.58. The van der Waals surface area contributed by atoms with Crippen molar-refractivity contribution in [1.82, 2.24) is 21.3 Å². The third kappa shape index (κ3) is 13.1. The van der Waals surface area contributed by atoms with E-state index >= 15 is 0 Å². The number of nitrogens with two attached hydrogens (primary N) is 2. The summed E-state index contributed by atoms with van der Waals surface area (Å²) in [5.41, 5.74) is 11.8. The first-order valence-corrected chi connectivity index (χ1v) is 13.1. The second kappa shape index (κ2) is 17.5. The highest BCUT2D eigenvalue weighted by Crippen LogP contribution is 2.12. The standard InChI is InChI=1S/C26H40N6O9/c1-14(29-23(37)18(28)10-11-21(34)35)22(36)31-19(5-3-4-12-27)24(38)32-20(25(39)30-15(2)26(40)41)13-16-6-8-17(33)9-7-16/h6-9,14-15,18-20,33H,3-5,10-13,27-28H2,1-2H3,(H,29,37)(H,30,39)(H,31,36)(H,32,38)(H,34,35)(H,40,41)/t14-,15-,18-,19-,20-/m0/s1. The maximum absolute atomic E-state index is 13.3.